The van der Waals surface area contributed by atoms with Crippen molar-refractivity contribution < 1.29 is 0 Å². The van der Waals surface area contributed by atoms with Crippen molar-refractivity contribution in [1.29, 1.82) is 0 Å². The summed E-state index contributed by atoms with van der Waals surface area (Å²) < 4.78 is 0. The predicted molar refractivity (Wildman–Crippen MR) is 64.0 cm³/mol. The number of benzene rings is 1. The highest BCUT2D eigenvalue weighted by Gasteiger charge is 2.00. The molecule has 0 fully saturated rings. The Bertz CT molecular complexity index is 465. The maximum absolute atomic E-state index is 5.44. The fourth-order valence-corrected chi connectivity index (χ4v) is 1.64. The second-order valence-electron chi connectivity index (χ2n) is 3.56. The lowest BCUT2D eigenvalue weighted by Crippen LogP contribution is -2.13. The largest absolute Gasteiger partial charge is 0.369 e. The number of rotatable bonds is 3. The number of nitrogens with one attached hydrogen (secondary N) is 1. The molecule has 0 aliphatic heterocycles. The lowest BCUT2D eigenvalue weighted by molar-refractivity contribution is 1.01. The summed E-state index contributed by atoms with van der Waals surface area (Å²) in [6, 6.07) is 10.2. The van der Waals surface area contributed by atoms with Gasteiger partial charge in [-0.25, -0.2) is 4.98 Å². The van der Waals surface area contributed by atoms with Crippen LogP contribution in [0.1, 0.15) is 5.56 Å². The van der Waals surface area contributed by atoms with Crippen LogP contribution in [0.15, 0.2) is 30.3 Å². The van der Waals surface area contributed by atoms with E-state index in [0.717, 1.165) is 17.9 Å². The molecule has 2 aromatic rings. The molecule has 1 aromatic heterocycles. The summed E-state index contributed by atoms with van der Waals surface area (Å²) in [7, 11) is 0. The number of para-hydroxylation sites is 1. The number of aromatic nitrogens is 1. The zero-order valence-corrected chi connectivity index (χ0v) is 8.83. The van der Waals surface area contributed by atoms with Crippen molar-refractivity contribution >= 4 is 16.7 Å². The summed E-state index contributed by atoms with van der Waals surface area (Å²) in [4.78, 5) is 4.51. The van der Waals surface area contributed by atoms with Crippen LogP contribution < -0.4 is 11.1 Å². The van der Waals surface area contributed by atoms with Gasteiger partial charge in [0.05, 0.1) is 5.52 Å². The Morgan fingerprint density at radius 2 is 2.13 bits per heavy atom. The first-order chi connectivity index (χ1) is 7.31. The van der Waals surface area contributed by atoms with E-state index >= 15 is 0 Å². The molecule has 0 spiro atoms. The lowest BCUT2D eigenvalue weighted by atomic mass is 10.1. The van der Waals surface area contributed by atoms with Gasteiger partial charge in [0.25, 0.3) is 0 Å². The number of aryl methyl sites for hydroxylation is 1. The van der Waals surface area contributed by atoms with Gasteiger partial charge in [-0.05, 0) is 24.6 Å². The molecule has 3 heteroatoms. The van der Waals surface area contributed by atoms with E-state index in [1.54, 1.807) is 0 Å². The van der Waals surface area contributed by atoms with Gasteiger partial charge in [-0.3, -0.25) is 0 Å². The molecule has 1 heterocycles. The summed E-state index contributed by atoms with van der Waals surface area (Å²) in [6.07, 6.45) is 0. The van der Waals surface area contributed by atoms with Crippen molar-refractivity contribution in [2.75, 3.05) is 18.4 Å². The van der Waals surface area contributed by atoms with Crippen molar-refractivity contribution in [3.63, 3.8) is 0 Å². The summed E-state index contributed by atoms with van der Waals surface area (Å²) in [5, 5.41) is 4.40. The number of nitrogens with zero attached hydrogens (tertiary/aromatic N) is 1. The van der Waals surface area contributed by atoms with Crippen LogP contribution in [0.4, 0.5) is 5.82 Å². The molecule has 0 atom stereocenters. The fourth-order valence-electron chi connectivity index (χ4n) is 1.64. The molecule has 0 saturated carbocycles. The SMILES string of the molecule is Cc1cc(NCCN)nc2ccccc12. The summed E-state index contributed by atoms with van der Waals surface area (Å²) in [5.41, 5.74) is 7.70. The first-order valence-electron chi connectivity index (χ1n) is 5.11. The second kappa shape index (κ2) is 4.28. The molecule has 0 aliphatic carbocycles. The normalized spacial score (nSPS) is 10.5. The van der Waals surface area contributed by atoms with Crippen LogP contribution in [0.2, 0.25) is 0 Å². The van der Waals surface area contributed by atoms with Gasteiger partial charge in [0, 0.05) is 18.5 Å². The molecule has 3 nitrogen and oxygen atoms in total. The third kappa shape index (κ3) is 2.07. The van der Waals surface area contributed by atoms with Crippen LogP contribution in [-0.4, -0.2) is 18.1 Å². The Hall–Kier alpha value is -1.61. The number of hydrogen-bond acceptors (Lipinski definition) is 3. The Morgan fingerprint density at radius 1 is 1.33 bits per heavy atom. The van der Waals surface area contributed by atoms with Gasteiger partial charge in [0.2, 0.25) is 0 Å². The van der Waals surface area contributed by atoms with Gasteiger partial charge in [-0.1, -0.05) is 18.2 Å². The predicted octanol–water partition coefficient (Wildman–Crippen LogP) is 1.91. The Balaban J connectivity index is 2.43. The number of nitrogens with two attached hydrogens (primary N) is 1. The zero-order valence-electron chi connectivity index (χ0n) is 8.83. The minimum absolute atomic E-state index is 0.619. The molecule has 0 aliphatic rings. The smallest absolute Gasteiger partial charge is 0.126 e. The molecular formula is C12H15N3. The van der Waals surface area contributed by atoms with E-state index in [4.69, 9.17) is 5.73 Å². The standard InChI is InChI=1S/C12H15N3/c1-9-8-12(14-7-6-13)15-11-5-3-2-4-10(9)11/h2-5,8H,6-7,13H2,1H3,(H,14,15). The third-order valence-corrected chi connectivity index (χ3v) is 2.37. The van der Waals surface area contributed by atoms with Crippen molar-refractivity contribution in [1.82, 2.24) is 4.98 Å². The minimum Gasteiger partial charge on any atom is -0.369 e. The molecule has 15 heavy (non-hydrogen) atoms. The van der Waals surface area contributed by atoms with Crippen molar-refractivity contribution in [3.05, 3.63) is 35.9 Å². The zero-order chi connectivity index (χ0) is 10.7. The molecule has 0 bridgehead atoms. The summed E-state index contributed by atoms with van der Waals surface area (Å²) in [6.45, 7) is 3.47. The van der Waals surface area contributed by atoms with Gasteiger partial charge < -0.3 is 11.1 Å². The number of anilines is 1. The van der Waals surface area contributed by atoms with Gasteiger partial charge in [-0.15, -0.1) is 0 Å². The first kappa shape index (κ1) is 9.93. The van der Waals surface area contributed by atoms with Gasteiger partial charge >= 0.3 is 0 Å². The highest BCUT2D eigenvalue weighted by Crippen LogP contribution is 2.19. The molecular weight excluding hydrogens is 186 g/mol. The van der Waals surface area contributed by atoms with E-state index in [2.05, 4.69) is 29.4 Å². The average molecular weight is 201 g/mol. The molecule has 1 aromatic carbocycles. The summed E-state index contributed by atoms with van der Waals surface area (Å²) in [5.74, 6) is 0.900. The fraction of sp³-hybridized carbons (Fsp3) is 0.250. The topological polar surface area (TPSA) is 50.9 Å². The van der Waals surface area contributed by atoms with Gasteiger partial charge in [-0.2, -0.15) is 0 Å². The van der Waals surface area contributed by atoms with E-state index in [9.17, 15) is 0 Å². The third-order valence-electron chi connectivity index (χ3n) is 2.37. The van der Waals surface area contributed by atoms with Crippen LogP contribution in [0.5, 0.6) is 0 Å². The van der Waals surface area contributed by atoms with Gasteiger partial charge in [0.15, 0.2) is 0 Å². The minimum atomic E-state index is 0.619. The summed E-state index contributed by atoms with van der Waals surface area (Å²) >= 11 is 0. The number of pyridine rings is 1. The average Bonchev–Trinajstić information content (AvgIpc) is 2.26. The molecule has 0 radical (unpaired) electrons. The first-order valence-corrected chi connectivity index (χ1v) is 5.11. The molecule has 0 amide bonds. The Labute approximate surface area is 89.3 Å². The number of fused-ring (bicyclic) bond motifs is 1. The van der Waals surface area contributed by atoms with Crippen molar-refractivity contribution in [2.24, 2.45) is 5.73 Å². The van der Waals surface area contributed by atoms with Crippen LogP contribution >= 0.6 is 0 Å². The molecule has 2 rings (SSSR count). The van der Waals surface area contributed by atoms with Crippen LogP contribution in [0, 0.1) is 6.92 Å². The van der Waals surface area contributed by atoms with Crippen LogP contribution in [0.25, 0.3) is 10.9 Å². The quantitative estimate of drug-likeness (QED) is 0.797. The Kier molecular flexibility index (Phi) is 2.83. The van der Waals surface area contributed by atoms with Crippen LogP contribution in [-0.2, 0) is 0 Å². The van der Waals surface area contributed by atoms with E-state index in [1.807, 2.05) is 18.2 Å². The molecule has 0 unspecified atom stereocenters. The maximum atomic E-state index is 5.44. The van der Waals surface area contributed by atoms with Gasteiger partial charge in [0.1, 0.15) is 5.82 Å². The van der Waals surface area contributed by atoms with E-state index in [-0.39, 0.29) is 0 Å². The maximum Gasteiger partial charge on any atom is 0.126 e. The van der Waals surface area contributed by atoms with E-state index in [1.165, 1.54) is 10.9 Å². The number of hydrogen-bond donors (Lipinski definition) is 2. The highest BCUT2D eigenvalue weighted by atomic mass is 15.0. The lowest BCUT2D eigenvalue weighted by Gasteiger charge is -2.07. The second-order valence-corrected chi connectivity index (χ2v) is 3.56. The van der Waals surface area contributed by atoms with E-state index in [0.29, 0.717) is 6.54 Å². The van der Waals surface area contributed by atoms with Crippen molar-refractivity contribution in [3.8, 4) is 0 Å². The molecule has 78 valence electrons. The van der Waals surface area contributed by atoms with Crippen molar-refractivity contribution in [2.45, 2.75) is 6.92 Å². The molecule has 0 saturated heterocycles. The monoisotopic (exact) mass is 201 g/mol. The van der Waals surface area contributed by atoms with Crippen LogP contribution in [0.3, 0.4) is 0 Å². The Morgan fingerprint density at radius 3 is 2.93 bits per heavy atom. The highest BCUT2D eigenvalue weighted by molar-refractivity contribution is 5.83. The molecule has 3 N–H and O–H groups in total. The van der Waals surface area contributed by atoms with E-state index < -0.39 is 0 Å².